The Bertz CT molecular complexity index is 1100. The Morgan fingerprint density at radius 2 is 1.91 bits per heavy atom. The molecule has 0 spiro atoms. The average molecular weight is 555 g/mol. The van der Waals surface area contributed by atoms with Gasteiger partial charge in [-0.15, -0.1) is 0 Å². The molecule has 0 aromatic heterocycles. The molecule has 1 saturated heterocycles. The highest BCUT2D eigenvalue weighted by Crippen LogP contribution is 2.40. The van der Waals surface area contributed by atoms with Gasteiger partial charge < -0.3 is 14.2 Å². The molecule has 2 amide bonds. The van der Waals surface area contributed by atoms with E-state index in [0.29, 0.717) is 28.7 Å². The summed E-state index contributed by atoms with van der Waals surface area (Å²) in [7, 11) is 1.20. The van der Waals surface area contributed by atoms with Gasteiger partial charge in [0.2, 0.25) is 0 Å². The van der Waals surface area contributed by atoms with E-state index in [9.17, 15) is 14.4 Å². The molecule has 0 saturated carbocycles. The van der Waals surface area contributed by atoms with E-state index in [4.69, 9.17) is 21.1 Å². The summed E-state index contributed by atoms with van der Waals surface area (Å²) in [6.07, 6.45) is 1.53. The lowest BCUT2D eigenvalue weighted by Gasteiger charge is -2.18. The Hall–Kier alpha value is -2.49. The lowest BCUT2D eigenvalue weighted by atomic mass is 10.1. The van der Waals surface area contributed by atoms with Crippen LogP contribution in [0.15, 0.2) is 45.8 Å². The van der Waals surface area contributed by atoms with Gasteiger partial charge in [0, 0.05) is 4.47 Å². The van der Waals surface area contributed by atoms with Crippen LogP contribution < -0.4 is 9.47 Å². The molecule has 33 heavy (non-hydrogen) atoms. The zero-order valence-corrected chi connectivity index (χ0v) is 21.3. The highest BCUT2D eigenvalue weighted by atomic mass is 79.9. The van der Waals surface area contributed by atoms with Gasteiger partial charge >= 0.3 is 5.97 Å². The standard InChI is InChI=1S/C23H21BrClNO6S/c1-4-31-18-10-15(9-17(25)20(18)32-12-14-5-7-16(24)8-6-14)11-19-21(27)26(23(29)33-19)13(2)22(28)30-3/h5-11,13H,4,12H2,1-3H3/b19-11+/t13-/m0/s1. The number of imide groups is 1. The monoisotopic (exact) mass is 553 g/mol. The zero-order chi connectivity index (χ0) is 24.1. The maximum Gasteiger partial charge on any atom is 0.328 e. The van der Waals surface area contributed by atoms with Gasteiger partial charge in [-0.2, -0.15) is 0 Å². The van der Waals surface area contributed by atoms with Crippen molar-refractivity contribution in [2.45, 2.75) is 26.5 Å². The summed E-state index contributed by atoms with van der Waals surface area (Å²) in [5.41, 5.74) is 1.50. The molecule has 7 nitrogen and oxygen atoms in total. The van der Waals surface area contributed by atoms with Crippen LogP contribution in [0.2, 0.25) is 5.02 Å². The number of benzene rings is 2. The second-order valence-corrected chi connectivity index (χ2v) is 9.25. The molecule has 0 bridgehead atoms. The number of nitrogens with zero attached hydrogens (tertiary/aromatic N) is 1. The molecule has 1 aliphatic rings. The molecule has 1 fully saturated rings. The molecular weight excluding hydrogens is 534 g/mol. The molecule has 3 rings (SSSR count). The second-order valence-electron chi connectivity index (χ2n) is 6.93. The van der Waals surface area contributed by atoms with Crippen LogP contribution in [-0.2, 0) is 20.9 Å². The number of carbonyl (C=O) groups excluding carboxylic acids is 3. The molecule has 0 radical (unpaired) electrons. The Labute approximate surface area is 209 Å². The van der Waals surface area contributed by atoms with Crippen LogP contribution in [0.25, 0.3) is 6.08 Å². The van der Waals surface area contributed by atoms with E-state index in [1.165, 1.54) is 20.1 Å². The predicted octanol–water partition coefficient (Wildman–Crippen LogP) is 5.68. The van der Waals surface area contributed by atoms with Crippen LogP contribution in [0.1, 0.15) is 25.0 Å². The summed E-state index contributed by atoms with van der Waals surface area (Å²) in [5, 5.41) is -0.249. The molecule has 0 aliphatic carbocycles. The number of methoxy groups -OCH3 is 1. The first-order valence-corrected chi connectivity index (χ1v) is 11.9. The van der Waals surface area contributed by atoms with E-state index in [0.717, 1.165) is 26.7 Å². The third kappa shape index (κ3) is 5.90. The fourth-order valence-electron chi connectivity index (χ4n) is 3.05. The van der Waals surface area contributed by atoms with Crippen molar-refractivity contribution < 1.29 is 28.6 Å². The van der Waals surface area contributed by atoms with Crippen molar-refractivity contribution in [1.82, 2.24) is 4.90 Å². The first-order valence-electron chi connectivity index (χ1n) is 9.93. The molecule has 0 unspecified atom stereocenters. The minimum atomic E-state index is -1.02. The average Bonchev–Trinajstić information content (AvgIpc) is 3.06. The Kier molecular flexibility index (Phi) is 8.45. The zero-order valence-electron chi connectivity index (χ0n) is 18.1. The smallest absolute Gasteiger partial charge is 0.328 e. The number of hydrogen-bond acceptors (Lipinski definition) is 7. The highest BCUT2D eigenvalue weighted by molar-refractivity contribution is 9.10. The number of rotatable bonds is 8. The molecule has 174 valence electrons. The number of thioether (sulfide) groups is 1. The van der Waals surface area contributed by atoms with Gasteiger partial charge in [0.15, 0.2) is 11.5 Å². The van der Waals surface area contributed by atoms with E-state index in [2.05, 4.69) is 20.7 Å². The Morgan fingerprint density at radius 3 is 2.55 bits per heavy atom. The summed E-state index contributed by atoms with van der Waals surface area (Å²) < 4.78 is 17.2. The van der Waals surface area contributed by atoms with E-state index in [1.807, 2.05) is 31.2 Å². The van der Waals surface area contributed by atoms with Crippen LogP contribution in [0.5, 0.6) is 11.5 Å². The Balaban J connectivity index is 1.86. The summed E-state index contributed by atoms with van der Waals surface area (Å²) in [4.78, 5) is 37.9. The van der Waals surface area contributed by atoms with Crippen molar-refractivity contribution in [3.05, 3.63) is 61.9 Å². The quantitative estimate of drug-likeness (QED) is 0.307. The van der Waals surface area contributed by atoms with Gasteiger partial charge in [0.05, 0.1) is 23.6 Å². The molecule has 1 aliphatic heterocycles. The lowest BCUT2D eigenvalue weighted by Crippen LogP contribution is -2.42. The molecule has 2 aromatic carbocycles. The fraction of sp³-hybridized carbons (Fsp3) is 0.261. The second kappa shape index (κ2) is 11.1. The molecule has 0 N–H and O–H groups in total. The number of hydrogen-bond donors (Lipinski definition) is 0. The van der Waals surface area contributed by atoms with Crippen molar-refractivity contribution in [2.24, 2.45) is 0 Å². The van der Waals surface area contributed by atoms with Crippen molar-refractivity contribution in [1.29, 1.82) is 0 Å². The van der Waals surface area contributed by atoms with Crippen molar-refractivity contribution in [3.8, 4) is 11.5 Å². The van der Waals surface area contributed by atoms with E-state index < -0.39 is 23.2 Å². The SMILES string of the molecule is CCOc1cc(/C=C2/SC(=O)N([C@@H](C)C(=O)OC)C2=O)cc(Cl)c1OCc1ccc(Br)cc1. The minimum absolute atomic E-state index is 0.165. The first kappa shape index (κ1) is 25.1. The van der Waals surface area contributed by atoms with E-state index in [1.54, 1.807) is 12.1 Å². The fourth-order valence-corrected chi connectivity index (χ4v) is 4.50. The summed E-state index contributed by atoms with van der Waals surface area (Å²) in [5.74, 6) is -0.457. The highest BCUT2D eigenvalue weighted by Gasteiger charge is 2.41. The predicted molar refractivity (Wildman–Crippen MR) is 130 cm³/mol. The number of esters is 1. The first-order chi connectivity index (χ1) is 15.7. The van der Waals surface area contributed by atoms with Gasteiger partial charge in [0.1, 0.15) is 12.6 Å². The number of ether oxygens (including phenoxy) is 3. The molecular formula is C23H21BrClNO6S. The normalized spacial score (nSPS) is 15.7. The van der Waals surface area contributed by atoms with Crippen LogP contribution in [0.3, 0.4) is 0 Å². The Morgan fingerprint density at radius 1 is 1.21 bits per heavy atom. The number of amides is 2. The van der Waals surface area contributed by atoms with Gasteiger partial charge in [-0.05, 0) is 67.1 Å². The van der Waals surface area contributed by atoms with Gasteiger partial charge in [0.25, 0.3) is 11.1 Å². The van der Waals surface area contributed by atoms with Crippen LogP contribution in [0.4, 0.5) is 4.79 Å². The van der Waals surface area contributed by atoms with Gasteiger partial charge in [-0.25, -0.2) is 4.79 Å². The number of carbonyl (C=O) groups is 3. The van der Waals surface area contributed by atoms with E-state index >= 15 is 0 Å². The van der Waals surface area contributed by atoms with E-state index in [-0.39, 0.29) is 11.5 Å². The topological polar surface area (TPSA) is 82.1 Å². The van der Waals surface area contributed by atoms with Gasteiger partial charge in [-0.1, -0.05) is 39.7 Å². The minimum Gasteiger partial charge on any atom is -0.490 e. The van der Waals surface area contributed by atoms with Crippen molar-refractivity contribution in [3.63, 3.8) is 0 Å². The molecule has 1 atom stereocenters. The van der Waals surface area contributed by atoms with Crippen LogP contribution >= 0.6 is 39.3 Å². The van der Waals surface area contributed by atoms with Crippen molar-refractivity contribution >= 4 is 62.5 Å². The maximum atomic E-state index is 12.7. The molecule has 1 heterocycles. The molecule has 10 heteroatoms. The molecule has 2 aromatic rings. The number of halogens is 2. The summed E-state index contributed by atoms with van der Waals surface area (Å²) in [6, 6.07) is 9.98. The lowest BCUT2D eigenvalue weighted by molar-refractivity contribution is -0.148. The van der Waals surface area contributed by atoms with Gasteiger partial charge in [-0.3, -0.25) is 14.5 Å². The maximum absolute atomic E-state index is 12.7. The van der Waals surface area contributed by atoms with Crippen LogP contribution in [0, 0.1) is 0 Å². The summed E-state index contributed by atoms with van der Waals surface area (Å²) in [6.45, 7) is 3.93. The third-order valence-corrected chi connectivity index (χ3v) is 6.37. The largest absolute Gasteiger partial charge is 0.490 e. The summed E-state index contributed by atoms with van der Waals surface area (Å²) >= 11 is 10.6. The third-order valence-electron chi connectivity index (χ3n) is 4.68. The van der Waals surface area contributed by atoms with Crippen LogP contribution in [-0.4, -0.2) is 41.8 Å². The van der Waals surface area contributed by atoms with Crippen molar-refractivity contribution in [2.75, 3.05) is 13.7 Å².